The average Bonchev–Trinajstić information content (AvgIpc) is 2.59. The van der Waals surface area contributed by atoms with Crippen LogP contribution in [0.1, 0.15) is 18.1 Å². The third kappa shape index (κ3) is 5.50. The lowest BCUT2D eigenvalue weighted by atomic mass is 9.97. The summed E-state index contributed by atoms with van der Waals surface area (Å²) in [6.45, 7) is 0.168. The molecule has 1 heterocycles. The number of aliphatic hydroxyl groups excluding tert-OH is 3. The maximum atomic E-state index is 13.0. The van der Waals surface area contributed by atoms with Gasteiger partial charge in [-0.2, -0.15) is 26.3 Å². The first-order valence-corrected chi connectivity index (χ1v) is 8.09. The van der Waals surface area contributed by atoms with Crippen molar-refractivity contribution in [3.8, 4) is 5.75 Å². The summed E-state index contributed by atoms with van der Waals surface area (Å²) in [6, 6.07) is -1.08. The van der Waals surface area contributed by atoms with E-state index in [9.17, 15) is 46.5 Å². The smallest absolute Gasteiger partial charge is 0.416 e. The molecule has 164 valence electrons. The Balaban J connectivity index is 2.43. The summed E-state index contributed by atoms with van der Waals surface area (Å²) in [7, 11) is 0. The van der Waals surface area contributed by atoms with Gasteiger partial charge in [0.1, 0.15) is 30.1 Å². The topological polar surface area (TPSA) is 108 Å². The van der Waals surface area contributed by atoms with Gasteiger partial charge in [0.2, 0.25) is 12.2 Å². The first-order valence-electron chi connectivity index (χ1n) is 8.09. The lowest BCUT2D eigenvalue weighted by molar-refractivity contribution is -0.244. The van der Waals surface area contributed by atoms with Crippen LogP contribution in [0.2, 0.25) is 0 Å². The highest BCUT2D eigenvalue weighted by atomic mass is 19.4. The fraction of sp³-hybridized carbons (Fsp3) is 0.562. The lowest BCUT2D eigenvalue weighted by Crippen LogP contribution is -2.65. The van der Waals surface area contributed by atoms with Crippen LogP contribution in [0.25, 0.3) is 0 Å². The van der Waals surface area contributed by atoms with Crippen molar-refractivity contribution in [2.45, 2.75) is 49.9 Å². The second kappa shape index (κ2) is 8.34. The number of rotatable bonds is 4. The van der Waals surface area contributed by atoms with Crippen molar-refractivity contribution in [1.82, 2.24) is 5.32 Å². The Morgan fingerprint density at radius 2 is 1.59 bits per heavy atom. The Bertz CT molecular complexity index is 707. The molecule has 0 unspecified atom stereocenters. The summed E-state index contributed by atoms with van der Waals surface area (Å²) < 4.78 is 88.1. The summed E-state index contributed by atoms with van der Waals surface area (Å²) in [5.74, 6) is -1.66. The summed E-state index contributed by atoms with van der Waals surface area (Å²) >= 11 is 0. The van der Waals surface area contributed by atoms with Gasteiger partial charge < -0.3 is 30.1 Å². The molecule has 7 nitrogen and oxygen atoms in total. The molecule has 0 spiro atoms. The van der Waals surface area contributed by atoms with E-state index < -0.39 is 72.4 Å². The fourth-order valence-corrected chi connectivity index (χ4v) is 2.70. The number of hydrogen-bond donors (Lipinski definition) is 4. The number of ether oxygens (including phenoxy) is 2. The first-order chi connectivity index (χ1) is 13.2. The first kappa shape index (κ1) is 23.2. The van der Waals surface area contributed by atoms with E-state index in [-0.39, 0.29) is 18.2 Å². The lowest BCUT2D eigenvalue weighted by Gasteiger charge is -2.42. The van der Waals surface area contributed by atoms with Gasteiger partial charge >= 0.3 is 12.4 Å². The van der Waals surface area contributed by atoms with Crippen LogP contribution in [-0.2, 0) is 21.9 Å². The zero-order chi connectivity index (χ0) is 22.1. The largest absolute Gasteiger partial charge is 0.463 e. The third-order valence-corrected chi connectivity index (χ3v) is 4.06. The van der Waals surface area contributed by atoms with Crippen LogP contribution in [0, 0.1) is 0 Å². The van der Waals surface area contributed by atoms with Gasteiger partial charge in [0.15, 0.2) is 0 Å². The number of amides is 1. The number of aliphatic hydroxyl groups is 3. The summed E-state index contributed by atoms with van der Waals surface area (Å²) in [5.41, 5.74) is -3.29. The molecule has 1 amide bonds. The van der Waals surface area contributed by atoms with Crippen molar-refractivity contribution in [1.29, 1.82) is 0 Å². The Kier molecular flexibility index (Phi) is 6.67. The molecule has 1 aromatic rings. The van der Waals surface area contributed by atoms with Gasteiger partial charge in [-0.15, -0.1) is 0 Å². The number of nitrogens with one attached hydrogen (secondary N) is 1. The number of carbonyl (C=O) groups excluding carboxylic acids is 1. The van der Waals surface area contributed by atoms with E-state index in [0.29, 0.717) is 0 Å². The molecule has 5 atom stereocenters. The highest BCUT2D eigenvalue weighted by molar-refractivity contribution is 5.73. The predicted octanol–water partition coefficient (Wildman–Crippen LogP) is 1.05. The molecular formula is C16H17F6NO6. The van der Waals surface area contributed by atoms with Gasteiger partial charge in [-0.05, 0) is 18.2 Å². The van der Waals surface area contributed by atoms with Gasteiger partial charge in [0.05, 0.1) is 17.7 Å². The highest BCUT2D eigenvalue weighted by Crippen LogP contribution is 2.39. The van der Waals surface area contributed by atoms with Gasteiger partial charge in [-0.1, -0.05) is 0 Å². The van der Waals surface area contributed by atoms with Crippen LogP contribution in [0.5, 0.6) is 5.75 Å². The van der Waals surface area contributed by atoms with E-state index in [0.717, 1.165) is 6.92 Å². The van der Waals surface area contributed by atoms with Crippen LogP contribution in [-0.4, -0.2) is 58.5 Å². The Labute approximate surface area is 159 Å². The van der Waals surface area contributed by atoms with Crippen LogP contribution in [0.3, 0.4) is 0 Å². The van der Waals surface area contributed by atoms with Crippen molar-refractivity contribution in [3.63, 3.8) is 0 Å². The van der Waals surface area contributed by atoms with Gasteiger partial charge in [0.25, 0.3) is 0 Å². The minimum atomic E-state index is -5.12. The van der Waals surface area contributed by atoms with Gasteiger partial charge in [-0.3, -0.25) is 4.79 Å². The van der Waals surface area contributed by atoms with Crippen LogP contribution in [0.15, 0.2) is 18.2 Å². The molecule has 1 aliphatic rings. The SMILES string of the molecule is CC(=O)N[C@H]1[C@@H](Oc2cc(C(F)(F)F)cc(C(F)(F)F)c2)O[C@H](CO)[C@H](O)[C@@H]1O. The minimum absolute atomic E-state index is 0.102. The summed E-state index contributed by atoms with van der Waals surface area (Å²) in [4.78, 5) is 11.3. The quantitative estimate of drug-likeness (QED) is 0.529. The van der Waals surface area contributed by atoms with E-state index in [2.05, 4.69) is 5.32 Å². The summed E-state index contributed by atoms with van der Waals surface area (Å²) in [6.07, 6.45) is -17.0. The second-order valence-electron chi connectivity index (χ2n) is 6.29. The number of alkyl halides is 6. The molecule has 2 rings (SSSR count). The van der Waals surface area contributed by atoms with E-state index in [1.807, 2.05) is 0 Å². The third-order valence-electron chi connectivity index (χ3n) is 4.06. The minimum Gasteiger partial charge on any atom is -0.463 e. The summed E-state index contributed by atoms with van der Waals surface area (Å²) in [5, 5.41) is 31.3. The second-order valence-corrected chi connectivity index (χ2v) is 6.29. The monoisotopic (exact) mass is 433 g/mol. The number of halogens is 6. The normalized spacial score (nSPS) is 28.1. The van der Waals surface area contributed by atoms with E-state index in [1.165, 1.54) is 0 Å². The van der Waals surface area contributed by atoms with Crippen molar-refractivity contribution in [3.05, 3.63) is 29.3 Å². The molecule has 0 aromatic heterocycles. The predicted molar refractivity (Wildman–Crippen MR) is 82.4 cm³/mol. The Morgan fingerprint density at radius 3 is 2.00 bits per heavy atom. The number of hydrogen-bond acceptors (Lipinski definition) is 6. The van der Waals surface area contributed by atoms with Gasteiger partial charge in [0, 0.05) is 6.92 Å². The number of carbonyl (C=O) groups is 1. The molecule has 0 aliphatic carbocycles. The maximum Gasteiger partial charge on any atom is 0.416 e. The molecule has 13 heteroatoms. The zero-order valence-electron chi connectivity index (χ0n) is 14.7. The molecule has 29 heavy (non-hydrogen) atoms. The molecular weight excluding hydrogens is 416 g/mol. The molecule has 4 N–H and O–H groups in total. The van der Waals surface area contributed by atoms with Crippen molar-refractivity contribution in [2.75, 3.05) is 6.61 Å². The molecule has 0 saturated carbocycles. The zero-order valence-corrected chi connectivity index (χ0v) is 14.7. The molecule has 0 bridgehead atoms. The van der Waals surface area contributed by atoms with Crippen molar-refractivity contribution < 1.29 is 55.9 Å². The fourth-order valence-electron chi connectivity index (χ4n) is 2.70. The van der Waals surface area contributed by atoms with E-state index in [1.54, 1.807) is 0 Å². The highest BCUT2D eigenvalue weighted by Gasteiger charge is 2.46. The van der Waals surface area contributed by atoms with E-state index >= 15 is 0 Å². The molecule has 1 aliphatic heterocycles. The standard InChI is InChI=1S/C16H17F6NO6/c1-6(25)23-11-13(27)12(26)10(5-24)29-14(11)28-9-3-7(15(17,18)19)2-8(4-9)16(20,21)22/h2-4,10-14,24,26-27H,5H2,1H3,(H,23,25)/t10-,11-,12+,13-,14+/m1/s1. The van der Waals surface area contributed by atoms with Crippen LogP contribution in [0.4, 0.5) is 26.3 Å². The molecule has 0 radical (unpaired) electrons. The molecule has 1 aromatic carbocycles. The maximum absolute atomic E-state index is 13.0. The molecule has 1 fully saturated rings. The number of benzene rings is 1. The molecule has 1 saturated heterocycles. The Hall–Kier alpha value is -2.09. The average molecular weight is 433 g/mol. The Morgan fingerprint density at radius 1 is 1.07 bits per heavy atom. The van der Waals surface area contributed by atoms with Crippen LogP contribution >= 0.6 is 0 Å². The van der Waals surface area contributed by atoms with Crippen LogP contribution < -0.4 is 10.1 Å². The van der Waals surface area contributed by atoms with Crippen molar-refractivity contribution in [2.24, 2.45) is 0 Å². The van der Waals surface area contributed by atoms with Crippen molar-refractivity contribution >= 4 is 5.91 Å². The van der Waals surface area contributed by atoms with Gasteiger partial charge in [-0.25, -0.2) is 0 Å². The van der Waals surface area contributed by atoms with E-state index in [4.69, 9.17) is 9.47 Å².